The zero-order valence-electron chi connectivity index (χ0n) is 14.2. The average molecular weight is 367 g/mol. The molecule has 7 nitrogen and oxygen atoms in total. The van der Waals surface area contributed by atoms with Crippen molar-refractivity contribution in [2.75, 3.05) is 0 Å². The molecule has 1 N–H and O–H groups in total. The van der Waals surface area contributed by atoms with E-state index in [2.05, 4.69) is 5.10 Å². The molecule has 3 aromatic rings. The van der Waals surface area contributed by atoms with Crippen molar-refractivity contribution < 1.29 is 19.2 Å². The molecule has 1 aromatic heterocycles. The fourth-order valence-electron chi connectivity index (χ4n) is 2.55. The monoisotopic (exact) mass is 367 g/mol. The van der Waals surface area contributed by atoms with Gasteiger partial charge in [-0.3, -0.25) is 14.9 Å². The van der Waals surface area contributed by atoms with Gasteiger partial charge in [-0.25, -0.2) is 9.07 Å². The standard InChI is InChI=1S/C19H14FN3O4/c1-12-16(11-21-22(12)15-6-4-14(20)5-7-15)18(24)8-2-13-3-9-19(25)17(10-13)23(26)27/h2-11,25H,1H3/b8-2+. The molecule has 0 unspecified atom stereocenters. The van der Waals surface area contributed by atoms with Gasteiger partial charge in [-0.05, 0) is 48.9 Å². The van der Waals surface area contributed by atoms with Gasteiger partial charge >= 0.3 is 5.69 Å². The van der Waals surface area contributed by atoms with Crippen molar-refractivity contribution in [2.45, 2.75) is 6.92 Å². The lowest BCUT2D eigenvalue weighted by atomic mass is 10.1. The van der Waals surface area contributed by atoms with E-state index in [4.69, 9.17) is 0 Å². The lowest BCUT2D eigenvalue weighted by molar-refractivity contribution is -0.385. The number of hydrogen-bond acceptors (Lipinski definition) is 5. The Balaban J connectivity index is 1.85. The molecule has 0 spiro atoms. The minimum absolute atomic E-state index is 0.336. The van der Waals surface area contributed by atoms with Crippen molar-refractivity contribution in [2.24, 2.45) is 0 Å². The SMILES string of the molecule is Cc1c(C(=O)/C=C/c2ccc(O)c([N+](=O)[O-])c2)cnn1-c1ccc(F)cc1. The number of phenols is 1. The number of benzene rings is 2. The molecule has 1 heterocycles. The van der Waals surface area contributed by atoms with Gasteiger partial charge in [0.15, 0.2) is 11.5 Å². The summed E-state index contributed by atoms with van der Waals surface area (Å²) < 4.78 is 14.6. The Hall–Kier alpha value is -3.81. The molecule has 0 fully saturated rings. The number of aromatic nitrogens is 2. The van der Waals surface area contributed by atoms with Crippen LogP contribution in [0.15, 0.2) is 54.7 Å². The molecule has 2 aromatic carbocycles. The Bertz CT molecular complexity index is 1060. The topological polar surface area (TPSA) is 98.3 Å². The molecule has 136 valence electrons. The van der Waals surface area contributed by atoms with Crippen LogP contribution < -0.4 is 0 Å². The van der Waals surface area contributed by atoms with Gasteiger partial charge in [-0.15, -0.1) is 0 Å². The predicted octanol–water partition coefficient (Wildman–Crippen LogP) is 3.83. The van der Waals surface area contributed by atoms with Gasteiger partial charge in [0.25, 0.3) is 0 Å². The van der Waals surface area contributed by atoms with Crippen LogP contribution in [0.2, 0.25) is 0 Å². The summed E-state index contributed by atoms with van der Waals surface area (Å²) in [5.41, 5.74) is 1.50. The van der Waals surface area contributed by atoms with Gasteiger partial charge < -0.3 is 5.11 Å². The van der Waals surface area contributed by atoms with E-state index in [-0.39, 0.29) is 11.6 Å². The van der Waals surface area contributed by atoms with Crippen LogP contribution in [0.4, 0.5) is 10.1 Å². The Kier molecular flexibility index (Phi) is 4.80. The van der Waals surface area contributed by atoms with Gasteiger partial charge in [0, 0.05) is 6.07 Å². The molecule has 0 aliphatic rings. The number of nitro groups is 1. The van der Waals surface area contributed by atoms with Gasteiger partial charge in [-0.1, -0.05) is 12.1 Å². The number of rotatable bonds is 5. The third-order valence-corrected chi connectivity index (χ3v) is 3.97. The summed E-state index contributed by atoms with van der Waals surface area (Å²) in [6, 6.07) is 9.53. The molecular weight excluding hydrogens is 353 g/mol. The van der Waals surface area contributed by atoms with Crippen molar-refractivity contribution in [1.82, 2.24) is 9.78 Å². The third kappa shape index (κ3) is 3.74. The van der Waals surface area contributed by atoms with Crippen LogP contribution >= 0.6 is 0 Å². The number of aromatic hydroxyl groups is 1. The molecule has 0 amide bonds. The summed E-state index contributed by atoms with van der Waals surface area (Å²) in [4.78, 5) is 22.6. The van der Waals surface area contributed by atoms with Gasteiger partial charge in [-0.2, -0.15) is 5.10 Å². The second-order valence-electron chi connectivity index (χ2n) is 5.73. The lowest BCUT2D eigenvalue weighted by Gasteiger charge is -2.04. The molecule has 0 aliphatic heterocycles. The maximum atomic E-state index is 13.1. The van der Waals surface area contributed by atoms with Gasteiger partial charge in [0.1, 0.15) is 5.82 Å². The third-order valence-electron chi connectivity index (χ3n) is 3.97. The summed E-state index contributed by atoms with van der Waals surface area (Å²) in [6.07, 6.45) is 4.10. The molecule has 27 heavy (non-hydrogen) atoms. The summed E-state index contributed by atoms with van der Waals surface area (Å²) in [6.45, 7) is 1.71. The van der Waals surface area contributed by atoms with Crippen LogP contribution in [0.25, 0.3) is 11.8 Å². The summed E-state index contributed by atoms with van der Waals surface area (Å²) in [7, 11) is 0. The lowest BCUT2D eigenvalue weighted by Crippen LogP contribution is -2.01. The number of hydrogen-bond donors (Lipinski definition) is 1. The first-order valence-corrected chi connectivity index (χ1v) is 7.87. The van der Waals surface area contributed by atoms with Crippen LogP contribution in [-0.2, 0) is 0 Å². The molecule has 0 saturated carbocycles. The number of allylic oxidation sites excluding steroid dienone is 1. The fourth-order valence-corrected chi connectivity index (χ4v) is 2.55. The smallest absolute Gasteiger partial charge is 0.311 e. The molecule has 3 rings (SSSR count). The Labute approximate surface area is 153 Å². The molecule has 0 aliphatic carbocycles. The second-order valence-corrected chi connectivity index (χ2v) is 5.73. The number of halogens is 1. The van der Waals surface area contributed by atoms with Crippen molar-refractivity contribution in [3.63, 3.8) is 0 Å². The fraction of sp³-hybridized carbons (Fsp3) is 0.0526. The van der Waals surface area contributed by atoms with E-state index >= 15 is 0 Å². The van der Waals surface area contributed by atoms with E-state index in [9.17, 15) is 24.4 Å². The first-order valence-electron chi connectivity index (χ1n) is 7.87. The largest absolute Gasteiger partial charge is 0.502 e. The van der Waals surface area contributed by atoms with Crippen molar-refractivity contribution in [3.8, 4) is 11.4 Å². The van der Waals surface area contributed by atoms with E-state index in [1.807, 2.05) is 0 Å². The van der Waals surface area contributed by atoms with Crippen LogP contribution in [-0.4, -0.2) is 25.6 Å². The number of ketones is 1. The first kappa shape index (κ1) is 18.0. The van der Waals surface area contributed by atoms with E-state index in [1.165, 1.54) is 53.4 Å². The highest BCUT2D eigenvalue weighted by Crippen LogP contribution is 2.27. The first-order chi connectivity index (χ1) is 12.9. The average Bonchev–Trinajstić information content (AvgIpc) is 3.02. The molecule has 0 radical (unpaired) electrons. The summed E-state index contributed by atoms with van der Waals surface area (Å²) >= 11 is 0. The number of nitrogens with zero attached hydrogens (tertiary/aromatic N) is 3. The maximum Gasteiger partial charge on any atom is 0.311 e. The minimum atomic E-state index is -0.703. The maximum absolute atomic E-state index is 13.1. The highest BCUT2D eigenvalue weighted by molar-refractivity contribution is 6.07. The summed E-state index contributed by atoms with van der Waals surface area (Å²) in [5, 5.41) is 24.5. The quantitative estimate of drug-likeness (QED) is 0.320. The van der Waals surface area contributed by atoms with Crippen molar-refractivity contribution in [3.05, 3.63) is 87.5 Å². The number of carbonyl (C=O) groups is 1. The molecule has 8 heteroatoms. The Morgan fingerprint density at radius 1 is 1.26 bits per heavy atom. The highest BCUT2D eigenvalue weighted by Gasteiger charge is 2.15. The molecule has 0 saturated heterocycles. The van der Waals surface area contributed by atoms with E-state index in [0.717, 1.165) is 0 Å². The van der Waals surface area contributed by atoms with E-state index < -0.39 is 16.4 Å². The van der Waals surface area contributed by atoms with E-state index in [0.29, 0.717) is 22.5 Å². The zero-order valence-corrected chi connectivity index (χ0v) is 14.2. The number of nitro benzene ring substituents is 1. The van der Waals surface area contributed by atoms with Crippen LogP contribution in [0, 0.1) is 22.9 Å². The molecule has 0 bridgehead atoms. The number of phenolic OH excluding ortho intramolecular Hbond substituents is 1. The van der Waals surface area contributed by atoms with Crippen LogP contribution in [0.3, 0.4) is 0 Å². The molecule has 0 atom stereocenters. The normalized spacial score (nSPS) is 11.0. The zero-order chi connectivity index (χ0) is 19.6. The van der Waals surface area contributed by atoms with Crippen molar-refractivity contribution in [1.29, 1.82) is 0 Å². The van der Waals surface area contributed by atoms with Gasteiger partial charge in [0.05, 0.1) is 28.1 Å². The highest BCUT2D eigenvalue weighted by atomic mass is 19.1. The summed E-state index contributed by atoms with van der Waals surface area (Å²) in [5.74, 6) is -1.15. The molecular formula is C19H14FN3O4. The van der Waals surface area contributed by atoms with Crippen LogP contribution in [0.5, 0.6) is 5.75 Å². The predicted molar refractivity (Wildman–Crippen MR) is 96.4 cm³/mol. The Morgan fingerprint density at radius 3 is 2.63 bits per heavy atom. The number of carbonyl (C=O) groups excluding carboxylic acids is 1. The Morgan fingerprint density at radius 2 is 1.96 bits per heavy atom. The minimum Gasteiger partial charge on any atom is -0.502 e. The van der Waals surface area contributed by atoms with Crippen LogP contribution in [0.1, 0.15) is 21.6 Å². The van der Waals surface area contributed by atoms with Gasteiger partial charge in [0.2, 0.25) is 0 Å². The second kappa shape index (κ2) is 7.20. The van der Waals surface area contributed by atoms with E-state index in [1.54, 1.807) is 19.1 Å². The van der Waals surface area contributed by atoms with Crippen molar-refractivity contribution >= 4 is 17.5 Å².